The summed E-state index contributed by atoms with van der Waals surface area (Å²) in [6.07, 6.45) is 1.23. The van der Waals surface area contributed by atoms with E-state index >= 15 is 0 Å². The highest BCUT2D eigenvalue weighted by molar-refractivity contribution is 5.98. The number of carbonyl (C=O) groups excluding carboxylic acids is 1. The average molecular weight is 199 g/mol. The molecule has 0 amide bonds. The van der Waals surface area contributed by atoms with Gasteiger partial charge in [0.25, 0.3) is 0 Å². The third-order valence-corrected chi connectivity index (χ3v) is 1.66. The molecule has 0 atom stereocenters. The van der Waals surface area contributed by atoms with E-state index in [9.17, 15) is 9.59 Å². The topological polar surface area (TPSA) is 88.6 Å². The van der Waals surface area contributed by atoms with Gasteiger partial charge in [0.05, 0.1) is 14.2 Å². The van der Waals surface area contributed by atoms with Crippen LogP contribution in [0.15, 0.2) is 6.20 Å². The van der Waals surface area contributed by atoms with E-state index in [-0.39, 0.29) is 17.0 Å². The number of carboxylic acids is 1. The van der Waals surface area contributed by atoms with Crippen molar-refractivity contribution in [2.24, 2.45) is 0 Å². The summed E-state index contributed by atoms with van der Waals surface area (Å²) >= 11 is 0. The van der Waals surface area contributed by atoms with Crippen molar-refractivity contribution in [1.29, 1.82) is 0 Å². The molecule has 2 N–H and O–H groups in total. The highest BCUT2D eigenvalue weighted by atomic mass is 16.5. The number of aromatic carboxylic acids is 1. The Balaban J connectivity index is 3.20. The number of aromatic nitrogens is 1. The summed E-state index contributed by atoms with van der Waals surface area (Å²) in [5, 5.41) is 8.70. The molecule has 1 aromatic rings. The van der Waals surface area contributed by atoms with Crippen LogP contribution in [0.4, 0.5) is 0 Å². The van der Waals surface area contributed by atoms with Gasteiger partial charge >= 0.3 is 11.9 Å². The third kappa shape index (κ3) is 1.54. The number of hydrogen-bond donors (Lipinski definition) is 2. The zero-order chi connectivity index (χ0) is 10.7. The molecular formula is C8H9NO5. The van der Waals surface area contributed by atoms with Crippen molar-refractivity contribution in [1.82, 2.24) is 4.98 Å². The number of methoxy groups -OCH3 is 2. The van der Waals surface area contributed by atoms with Gasteiger partial charge in [-0.3, -0.25) is 0 Å². The molecule has 0 aromatic carbocycles. The van der Waals surface area contributed by atoms with Crippen molar-refractivity contribution >= 4 is 11.9 Å². The van der Waals surface area contributed by atoms with Crippen LogP contribution in [0, 0.1) is 0 Å². The van der Waals surface area contributed by atoms with Gasteiger partial charge in [-0.2, -0.15) is 0 Å². The van der Waals surface area contributed by atoms with E-state index in [1.807, 2.05) is 0 Å². The molecular weight excluding hydrogens is 190 g/mol. The van der Waals surface area contributed by atoms with Gasteiger partial charge < -0.3 is 19.6 Å². The summed E-state index contributed by atoms with van der Waals surface area (Å²) < 4.78 is 9.23. The summed E-state index contributed by atoms with van der Waals surface area (Å²) in [7, 11) is 2.48. The first-order valence-corrected chi connectivity index (χ1v) is 3.68. The van der Waals surface area contributed by atoms with Crippen molar-refractivity contribution in [3.8, 4) is 5.75 Å². The minimum atomic E-state index is -1.20. The van der Waals surface area contributed by atoms with Crippen LogP contribution in [0.2, 0.25) is 0 Å². The molecule has 1 rings (SSSR count). The maximum atomic E-state index is 11.1. The van der Waals surface area contributed by atoms with Gasteiger partial charge in [-0.1, -0.05) is 0 Å². The molecule has 0 fully saturated rings. The Hall–Kier alpha value is -1.98. The van der Waals surface area contributed by atoms with Crippen molar-refractivity contribution < 1.29 is 24.2 Å². The largest absolute Gasteiger partial charge is 0.493 e. The molecule has 0 aliphatic carbocycles. The number of aromatic amines is 1. The quantitative estimate of drug-likeness (QED) is 0.692. The second kappa shape index (κ2) is 3.82. The minimum absolute atomic E-state index is 0.0237. The van der Waals surface area contributed by atoms with Gasteiger partial charge in [-0.15, -0.1) is 0 Å². The Morgan fingerprint density at radius 2 is 2.07 bits per heavy atom. The number of hydrogen-bond acceptors (Lipinski definition) is 4. The number of H-pyrrole nitrogens is 1. The van der Waals surface area contributed by atoms with Crippen LogP contribution in [0.25, 0.3) is 0 Å². The maximum absolute atomic E-state index is 11.1. The molecule has 1 aromatic heterocycles. The van der Waals surface area contributed by atoms with E-state index in [2.05, 4.69) is 9.72 Å². The van der Waals surface area contributed by atoms with Crippen LogP contribution in [0.3, 0.4) is 0 Å². The lowest BCUT2D eigenvalue weighted by Gasteiger charge is -2.01. The van der Waals surface area contributed by atoms with Gasteiger partial charge in [-0.05, 0) is 0 Å². The third-order valence-electron chi connectivity index (χ3n) is 1.66. The normalized spacial score (nSPS) is 9.57. The van der Waals surface area contributed by atoms with Crippen LogP contribution < -0.4 is 4.74 Å². The van der Waals surface area contributed by atoms with Crippen LogP contribution in [-0.4, -0.2) is 36.2 Å². The second-order valence-electron chi connectivity index (χ2n) is 2.41. The number of ether oxygens (including phenoxy) is 2. The Morgan fingerprint density at radius 3 is 2.50 bits per heavy atom. The molecule has 0 bridgehead atoms. The fourth-order valence-corrected chi connectivity index (χ4v) is 1.04. The molecule has 0 aliphatic heterocycles. The van der Waals surface area contributed by atoms with Crippen LogP contribution in [0.1, 0.15) is 20.8 Å². The number of nitrogens with one attached hydrogen (secondary N) is 1. The summed E-state index contributed by atoms with van der Waals surface area (Å²) in [6.45, 7) is 0. The lowest BCUT2D eigenvalue weighted by molar-refractivity contribution is 0.0597. The first-order chi connectivity index (χ1) is 6.61. The van der Waals surface area contributed by atoms with Crippen LogP contribution >= 0.6 is 0 Å². The molecule has 0 saturated heterocycles. The number of esters is 1. The van der Waals surface area contributed by atoms with Gasteiger partial charge in [0.15, 0.2) is 11.4 Å². The fraction of sp³-hybridized carbons (Fsp3) is 0.250. The zero-order valence-electron chi connectivity index (χ0n) is 7.66. The van der Waals surface area contributed by atoms with E-state index in [1.54, 1.807) is 0 Å². The second-order valence-corrected chi connectivity index (χ2v) is 2.41. The zero-order valence-corrected chi connectivity index (χ0v) is 7.66. The highest BCUT2D eigenvalue weighted by Gasteiger charge is 2.22. The van der Waals surface area contributed by atoms with Gasteiger partial charge in [-0.25, -0.2) is 9.59 Å². The number of carbonyl (C=O) groups is 2. The smallest absolute Gasteiger partial charge is 0.356 e. The van der Waals surface area contributed by atoms with Crippen molar-refractivity contribution in [2.45, 2.75) is 0 Å². The number of rotatable bonds is 3. The predicted octanol–water partition coefficient (Wildman–Crippen LogP) is 0.508. The standard InChI is InChI=1S/C8H9NO5/c1-13-6-4(8(12)14-2)3-9-5(6)7(10)11/h3,9H,1-2H3,(H,10,11). The van der Waals surface area contributed by atoms with E-state index in [0.29, 0.717) is 0 Å². The molecule has 0 radical (unpaired) electrons. The summed E-state index contributed by atoms with van der Waals surface area (Å²) in [6, 6.07) is 0. The Bertz CT molecular complexity index is 368. The van der Waals surface area contributed by atoms with E-state index in [4.69, 9.17) is 9.84 Å². The van der Waals surface area contributed by atoms with Crippen LogP contribution in [-0.2, 0) is 4.74 Å². The highest BCUT2D eigenvalue weighted by Crippen LogP contribution is 2.23. The molecule has 14 heavy (non-hydrogen) atoms. The predicted molar refractivity (Wildman–Crippen MR) is 45.6 cm³/mol. The lowest BCUT2D eigenvalue weighted by atomic mass is 10.3. The molecule has 6 heteroatoms. The molecule has 0 spiro atoms. The lowest BCUT2D eigenvalue weighted by Crippen LogP contribution is -2.04. The molecule has 0 aliphatic rings. The van der Waals surface area contributed by atoms with Gasteiger partial charge in [0, 0.05) is 6.20 Å². The molecule has 0 unspecified atom stereocenters. The van der Waals surface area contributed by atoms with Gasteiger partial charge in [0.1, 0.15) is 5.56 Å². The molecule has 1 heterocycles. The Kier molecular flexibility index (Phi) is 2.76. The summed E-state index contributed by atoms with van der Waals surface area (Å²) in [5.74, 6) is -1.87. The van der Waals surface area contributed by atoms with E-state index in [1.165, 1.54) is 20.4 Å². The maximum Gasteiger partial charge on any atom is 0.356 e. The first-order valence-electron chi connectivity index (χ1n) is 3.68. The van der Waals surface area contributed by atoms with E-state index < -0.39 is 11.9 Å². The minimum Gasteiger partial charge on any atom is -0.493 e. The molecule has 6 nitrogen and oxygen atoms in total. The van der Waals surface area contributed by atoms with Crippen LogP contribution in [0.5, 0.6) is 5.75 Å². The Morgan fingerprint density at radius 1 is 1.43 bits per heavy atom. The Labute approximate surface area is 79.4 Å². The first kappa shape index (κ1) is 10.1. The van der Waals surface area contributed by atoms with E-state index in [0.717, 1.165) is 0 Å². The monoisotopic (exact) mass is 199 g/mol. The summed E-state index contributed by atoms with van der Waals surface area (Å²) in [4.78, 5) is 24.2. The SMILES string of the molecule is COC(=O)c1c[nH]c(C(=O)O)c1OC. The van der Waals surface area contributed by atoms with Crippen molar-refractivity contribution in [3.05, 3.63) is 17.5 Å². The summed E-state index contributed by atoms with van der Waals surface area (Å²) in [5.41, 5.74) is -0.111. The number of carboxylic acid groups (broad SMARTS) is 1. The van der Waals surface area contributed by atoms with Crippen molar-refractivity contribution in [3.63, 3.8) is 0 Å². The molecule has 76 valence electrons. The fourth-order valence-electron chi connectivity index (χ4n) is 1.04. The van der Waals surface area contributed by atoms with Gasteiger partial charge in [0.2, 0.25) is 0 Å². The molecule has 0 saturated carbocycles. The average Bonchev–Trinajstić information content (AvgIpc) is 2.59. The van der Waals surface area contributed by atoms with Crippen molar-refractivity contribution in [2.75, 3.05) is 14.2 Å².